The quantitative estimate of drug-likeness (QED) is 0.798. The van der Waals surface area contributed by atoms with Crippen molar-refractivity contribution in [3.63, 3.8) is 0 Å². The van der Waals surface area contributed by atoms with Crippen molar-refractivity contribution in [1.82, 2.24) is 10.2 Å². The molecule has 2 saturated heterocycles. The first-order valence-electron chi connectivity index (χ1n) is 7.39. The summed E-state index contributed by atoms with van der Waals surface area (Å²) in [7, 11) is 0. The summed E-state index contributed by atoms with van der Waals surface area (Å²) in [6, 6.07) is 0. The summed E-state index contributed by atoms with van der Waals surface area (Å²) in [5, 5.41) is 3.11. The summed E-state index contributed by atoms with van der Waals surface area (Å²) in [5.41, 5.74) is 0.388. The van der Waals surface area contributed by atoms with Crippen molar-refractivity contribution in [3.8, 4) is 0 Å². The minimum absolute atomic E-state index is 0.111. The normalized spacial score (nSPS) is 30.6. The van der Waals surface area contributed by atoms with Gasteiger partial charge in [-0.15, -0.1) is 0 Å². The number of rotatable bonds is 5. The molecule has 0 radical (unpaired) electrons. The van der Waals surface area contributed by atoms with E-state index in [0.29, 0.717) is 5.41 Å². The minimum Gasteiger partial charge on any atom is -0.368 e. The van der Waals surface area contributed by atoms with Crippen LogP contribution in [0.2, 0.25) is 0 Å². The molecule has 0 aromatic carbocycles. The Hall–Kier alpha value is -0.610. The molecule has 3 rings (SSSR count). The summed E-state index contributed by atoms with van der Waals surface area (Å²) < 4.78 is 5.41. The van der Waals surface area contributed by atoms with Gasteiger partial charge < -0.3 is 15.0 Å². The minimum atomic E-state index is -0.174. The van der Waals surface area contributed by atoms with E-state index in [4.69, 9.17) is 4.74 Å². The van der Waals surface area contributed by atoms with Gasteiger partial charge in [-0.1, -0.05) is 0 Å². The van der Waals surface area contributed by atoms with Crippen LogP contribution in [0.15, 0.2) is 0 Å². The average Bonchev–Trinajstić information content (AvgIpc) is 2.84. The molecular formula is C14H24N2O2. The van der Waals surface area contributed by atoms with Crippen LogP contribution in [0.3, 0.4) is 0 Å². The lowest BCUT2D eigenvalue weighted by molar-refractivity contribution is -0.130. The Morgan fingerprint density at radius 3 is 2.67 bits per heavy atom. The van der Waals surface area contributed by atoms with E-state index in [1.165, 1.54) is 45.3 Å². The van der Waals surface area contributed by atoms with E-state index in [9.17, 15) is 4.79 Å². The number of hydrogen-bond donors (Lipinski definition) is 1. The summed E-state index contributed by atoms with van der Waals surface area (Å²) in [5.74, 6) is 0.111. The van der Waals surface area contributed by atoms with Crippen molar-refractivity contribution in [3.05, 3.63) is 0 Å². The SMILES string of the molecule is O=C(NCC1(CN2CCCC2)CC1)C1CCCO1. The van der Waals surface area contributed by atoms with Gasteiger partial charge in [0.05, 0.1) is 0 Å². The summed E-state index contributed by atoms with van der Waals surface area (Å²) >= 11 is 0. The first-order chi connectivity index (χ1) is 8.77. The fourth-order valence-electron chi connectivity index (χ4n) is 3.16. The lowest BCUT2D eigenvalue weighted by Crippen LogP contribution is -2.41. The van der Waals surface area contributed by atoms with E-state index >= 15 is 0 Å². The molecule has 0 aromatic rings. The molecule has 0 bridgehead atoms. The summed E-state index contributed by atoms with van der Waals surface area (Å²) in [6.07, 6.45) is 6.98. The summed E-state index contributed by atoms with van der Waals surface area (Å²) in [4.78, 5) is 14.5. The van der Waals surface area contributed by atoms with Crippen LogP contribution < -0.4 is 5.32 Å². The zero-order valence-corrected chi connectivity index (χ0v) is 11.1. The Bertz CT molecular complexity index is 303. The van der Waals surface area contributed by atoms with Gasteiger partial charge in [-0.25, -0.2) is 0 Å². The van der Waals surface area contributed by atoms with E-state index in [0.717, 1.165) is 26.0 Å². The van der Waals surface area contributed by atoms with Crippen LogP contribution in [0.5, 0.6) is 0 Å². The average molecular weight is 252 g/mol. The second kappa shape index (κ2) is 5.17. The van der Waals surface area contributed by atoms with Crippen LogP contribution in [0.25, 0.3) is 0 Å². The van der Waals surface area contributed by atoms with Crippen LogP contribution in [0.4, 0.5) is 0 Å². The predicted molar refractivity (Wildman–Crippen MR) is 69.3 cm³/mol. The highest BCUT2D eigenvalue weighted by Crippen LogP contribution is 2.46. The zero-order chi connectivity index (χ0) is 12.4. The molecule has 1 unspecified atom stereocenters. The van der Waals surface area contributed by atoms with E-state index in [1.807, 2.05) is 0 Å². The van der Waals surface area contributed by atoms with Gasteiger partial charge in [0, 0.05) is 25.1 Å². The third-order valence-electron chi connectivity index (χ3n) is 4.57. The molecular weight excluding hydrogens is 228 g/mol. The standard InChI is InChI=1S/C14H24N2O2/c17-13(12-4-3-9-18-12)15-10-14(5-6-14)11-16-7-1-2-8-16/h12H,1-11H2,(H,15,17). The number of ether oxygens (including phenoxy) is 1. The van der Waals surface area contributed by atoms with Gasteiger partial charge >= 0.3 is 0 Å². The zero-order valence-electron chi connectivity index (χ0n) is 11.1. The highest BCUT2D eigenvalue weighted by Gasteiger charge is 2.44. The molecule has 18 heavy (non-hydrogen) atoms. The van der Waals surface area contributed by atoms with Crippen LogP contribution in [0.1, 0.15) is 38.5 Å². The van der Waals surface area contributed by atoms with E-state index < -0.39 is 0 Å². The molecule has 1 amide bonds. The Morgan fingerprint density at radius 1 is 1.28 bits per heavy atom. The molecule has 2 heterocycles. The van der Waals surface area contributed by atoms with Gasteiger partial charge in [-0.05, 0) is 51.6 Å². The van der Waals surface area contributed by atoms with Crippen molar-refractivity contribution >= 4 is 5.91 Å². The third kappa shape index (κ3) is 2.86. The van der Waals surface area contributed by atoms with Crippen LogP contribution in [0, 0.1) is 5.41 Å². The van der Waals surface area contributed by atoms with Gasteiger partial charge in [0.1, 0.15) is 6.10 Å². The number of likely N-dealkylation sites (tertiary alicyclic amines) is 1. The molecule has 2 aliphatic heterocycles. The fourth-order valence-corrected chi connectivity index (χ4v) is 3.16. The maximum atomic E-state index is 11.9. The molecule has 1 atom stereocenters. The molecule has 4 nitrogen and oxygen atoms in total. The predicted octanol–water partition coefficient (Wildman–Crippen LogP) is 1.16. The van der Waals surface area contributed by atoms with Crippen molar-refractivity contribution in [1.29, 1.82) is 0 Å². The number of amides is 1. The number of carbonyl (C=O) groups excluding carboxylic acids is 1. The topological polar surface area (TPSA) is 41.6 Å². The maximum absolute atomic E-state index is 11.9. The number of carbonyl (C=O) groups is 1. The van der Waals surface area contributed by atoms with Crippen molar-refractivity contribution in [2.24, 2.45) is 5.41 Å². The van der Waals surface area contributed by atoms with Gasteiger partial charge in [-0.3, -0.25) is 4.79 Å². The van der Waals surface area contributed by atoms with Crippen LogP contribution in [-0.2, 0) is 9.53 Å². The Kier molecular flexibility index (Phi) is 3.57. The molecule has 1 aliphatic carbocycles. The monoisotopic (exact) mass is 252 g/mol. The third-order valence-corrected chi connectivity index (χ3v) is 4.57. The first kappa shape index (κ1) is 12.4. The van der Waals surface area contributed by atoms with E-state index in [1.54, 1.807) is 0 Å². The fraction of sp³-hybridized carbons (Fsp3) is 0.929. The van der Waals surface area contributed by atoms with Crippen LogP contribution >= 0.6 is 0 Å². The second-order valence-electron chi connectivity index (χ2n) is 6.20. The van der Waals surface area contributed by atoms with Crippen LogP contribution in [-0.4, -0.2) is 49.7 Å². The Balaban J connectivity index is 1.42. The largest absolute Gasteiger partial charge is 0.368 e. The highest BCUT2D eigenvalue weighted by molar-refractivity contribution is 5.81. The van der Waals surface area contributed by atoms with Gasteiger partial charge in [0.2, 0.25) is 5.91 Å². The van der Waals surface area contributed by atoms with Gasteiger partial charge in [0.25, 0.3) is 0 Å². The molecule has 0 spiro atoms. The summed E-state index contributed by atoms with van der Waals surface area (Å²) in [6.45, 7) is 5.28. The first-order valence-corrected chi connectivity index (χ1v) is 7.39. The molecule has 3 aliphatic rings. The maximum Gasteiger partial charge on any atom is 0.249 e. The van der Waals surface area contributed by atoms with E-state index in [-0.39, 0.29) is 12.0 Å². The molecule has 102 valence electrons. The van der Waals surface area contributed by atoms with Gasteiger partial charge in [-0.2, -0.15) is 0 Å². The second-order valence-corrected chi connectivity index (χ2v) is 6.20. The highest BCUT2D eigenvalue weighted by atomic mass is 16.5. The van der Waals surface area contributed by atoms with Gasteiger partial charge in [0.15, 0.2) is 0 Å². The van der Waals surface area contributed by atoms with Crippen molar-refractivity contribution in [2.75, 3.05) is 32.8 Å². The number of hydrogen-bond acceptors (Lipinski definition) is 3. The molecule has 0 aromatic heterocycles. The number of nitrogens with one attached hydrogen (secondary N) is 1. The smallest absolute Gasteiger partial charge is 0.249 e. The Labute approximate surface area is 109 Å². The van der Waals surface area contributed by atoms with Crippen molar-refractivity contribution in [2.45, 2.75) is 44.6 Å². The lowest BCUT2D eigenvalue weighted by atomic mass is 10.1. The molecule has 3 fully saturated rings. The molecule has 1 N–H and O–H groups in total. The van der Waals surface area contributed by atoms with Crippen molar-refractivity contribution < 1.29 is 9.53 Å². The Morgan fingerprint density at radius 2 is 2.06 bits per heavy atom. The molecule has 4 heteroatoms. The molecule has 1 saturated carbocycles. The van der Waals surface area contributed by atoms with E-state index in [2.05, 4.69) is 10.2 Å². The number of nitrogens with zero attached hydrogens (tertiary/aromatic N) is 1. The lowest BCUT2D eigenvalue weighted by Gasteiger charge is -2.23.